The van der Waals surface area contributed by atoms with Crippen molar-refractivity contribution in [2.45, 2.75) is 6.92 Å². The largest absolute Gasteiger partial charge is 0.507 e. The van der Waals surface area contributed by atoms with Crippen LogP contribution in [0.4, 0.5) is 0 Å². The maximum absolute atomic E-state index is 9.93. The summed E-state index contributed by atoms with van der Waals surface area (Å²) in [6.07, 6.45) is 2.01. The Morgan fingerprint density at radius 2 is 2.26 bits per heavy atom. The zero-order valence-corrected chi connectivity index (χ0v) is 15.0. The van der Waals surface area contributed by atoms with Crippen molar-refractivity contribution in [1.29, 1.82) is 0 Å². The monoisotopic (exact) mass is 338 g/mol. The Morgan fingerprint density at radius 3 is 3.00 bits per heavy atom. The van der Waals surface area contributed by atoms with E-state index in [-0.39, 0.29) is 5.75 Å². The highest BCUT2D eigenvalue weighted by molar-refractivity contribution is 6.30. The average Bonchev–Trinajstić information content (AvgIpc) is 2.67. The fraction of sp³-hybridized carbons (Fsp3) is 0.556. The molecule has 23 heavy (non-hydrogen) atoms. The number of rotatable bonds is 5. The molecule has 128 valence electrons. The Kier molecular flexibility index (Phi) is 6.90. The molecule has 2 rings (SSSR count). The summed E-state index contributed by atoms with van der Waals surface area (Å²) in [6, 6.07) is 5.12. The minimum absolute atomic E-state index is 0.262. The van der Waals surface area contributed by atoms with Crippen LogP contribution in [0, 0.1) is 5.92 Å². The molecule has 0 saturated carbocycles. The fourth-order valence-electron chi connectivity index (χ4n) is 3.03. The van der Waals surface area contributed by atoms with Crippen molar-refractivity contribution in [2.24, 2.45) is 5.92 Å². The first-order valence-corrected chi connectivity index (χ1v) is 8.42. The molecule has 1 aromatic rings. The van der Waals surface area contributed by atoms with Gasteiger partial charge in [-0.3, -0.25) is 4.90 Å². The number of nitrogens with zero attached hydrogens (tertiary/aromatic N) is 2. The molecule has 0 radical (unpaired) electrons. The van der Waals surface area contributed by atoms with Crippen molar-refractivity contribution in [3.8, 4) is 5.75 Å². The van der Waals surface area contributed by atoms with Crippen molar-refractivity contribution in [3.05, 3.63) is 34.4 Å². The van der Waals surface area contributed by atoms with Crippen molar-refractivity contribution in [2.75, 3.05) is 53.5 Å². The van der Waals surface area contributed by atoms with Crippen molar-refractivity contribution < 1.29 is 9.84 Å². The van der Waals surface area contributed by atoms with Crippen LogP contribution in [0.15, 0.2) is 23.8 Å². The van der Waals surface area contributed by atoms with E-state index in [2.05, 4.69) is 30.8 Å². The van der Waals surface area contributed by atoms with Crippen LogP contribution >= 0.6 is 11.6 Å². The minimum Gasteiger partial charge on any atom is -0.507 e. The molecule has 1 N–H and O–H groups in total. The molecule has 1 aliphatic heterocycles. The second-order valence-electron chi connectivity index (χ2n) is 6.63. The normalized spacial score (nSPS) is 20.7. The van der Waals surface area contributed by atoms with E-state index >= 15 is 0 Å². The molecule has 0 amide bonds. The SMILES string of the molecule is C/C(=C\c1cc(Cl)ccc1O)CN1CCOCC(CN(C)C)C1. The first-order chi connectivity index (χ1) is 10.9. The number of hydrogen-bond acceptors (Lipinski definition) is 4. The highest BCUT2D eigenvalue weighted by Crippen LogP contribution is 2.24. The van der Waals surface area contributed by atoms with E-state index in [4.69, 9.17) is 16.3 Å². The molecule has 1 aliphatic rings. The number of phenolic OH excluding ortho intramolecular Hbond substituents is 1. The van der Waals surface area contributed by atoms with Crippen molar-refractivity contribution in [3.63, 3.8) is 0 Å². The summed E-state index contributed by atoms with van der Waals surface area (Å²) >= 11 is 6.01. The van der Waals surface area contributed by atoms with Gasteiger partial charge in [0.2, 0.25) is 0 Å². The lowest BCUT2D eigenvalue weighted by Gasteiger charge is -2.25. The van der Waals surface area contributed by atoms with Crippen LogP contribution in [0.2, 0.25) is 5.02 Å². The van der Waals surface area contributed by atoms with E-state index < -0.39 is 0 Å². The van der Waals surface area contributed by atoms with Gasteiger partial charge in [0.1, 0.15) is 5.75 Å². The van der Waals surface area contributed by atoms with E-state index in [0.29, 0.717) is 10.9 Å². The Balaban J connectivity index is 2.01. The zero-order chi connectivity index (χ0) is 16.8. The molecule has 0 spiro atoms. The van der Waals surface area contributed by atoms with Crippen LogP contribution in [0.3, 0.4) is 0 Å². The third kappa shape index (κ3) is 6.15. The summed E-state index contributed by atoms with van der Waals surface area (Å²) in [5.41, 5.74) is 1.97. The number of benzene rings is 1. The van der Waals surface area contributed by atoms with Gasteiger partial charge in [0, 0.05) is 42.7 Å². The maximum Gasteiger partial charge on any atom is 0.122 e. The summed E-state index contributed by atoms with van der Waals surface area (Å²) in [5.74, 6) is 0.790. The summed E-state index contributed by atoms with van der Waals surface area (Å²) in [4.78, 5) is 4.64. The molecule has 5 heteroatoms. The smallest absolute Gasteiger partial charge is 0.122 e. The minimum atomic E-state index is 0.262. The summed E-state index contributed by atoms with van der Waals surface area (Å²) < 4.78 is 5.73. The highest BCUT2D eigenvalue weighted by Gasteiger charge is 2.19. The summed E-state index contributed by atoms with van der Waals surface area (Å²) in [5, 5.41) is 10.6. The molecular weight excluding hydrogens is 312 g/mol. The van der Waals surface area contributed by atoms with Crippen LogP contribution < -0.4 is 0 Å². The van der Waals surface area contributed by atoms with Gasteiger partial charge in [-0.25, -0.2) is 0 Å². The second-order valence-corrected chi connectivity index (χ2v) is 7.07. The Bertz CT molecular complexity index is 546. The molecule has 4 nitrogen and oxygen atoms in total. The van der Waals surface area contributed by atoms with Gasteiger partial charge in [0.25, 0.3) is 0 Å². The number of halogens is 1. The Morgan fingerprint density at radius 1 is 1.48 bits per heavy atom. The average molecular weight is 339 g/mol. The molecule has 1 saturated heterocycles. The lowest BCUT2D eigenvalue weighted by Crippen LogP contribution is -2.35. The highest BCUT2D eigenvalue weighted by atomic mass is 35.5. The van der Waals surface area contributed by atoms with E-state index in [1.165, 1.54) is 5.57 Å². The Labute approximate surface area is 144 Å². The number of ether oxygens (including phenoxy) is 1. The van der Waals surface area contributed by atoms with Gasteiger partial charge < -0.3 is 14.7 Å². The molecule has 0 aromatic heterocycles. The van der Waals surface area contributed by atoms with Crippen LogP contribution in [0.1, 0.15) is 12.5 Å². The van der Waals surface area contributed by atoms with Crippen LogP contribution in [0.5, 0.6) is 5.75 Å². The fourth-order valence-corrected chi connectivity index (χ4v) is 3.21. The van der Waals surface area contributed by atoms with Gasteiger partial charge in [-0.2, -0.15) is 0 Å². The lowest BCUT2D eigenvalue weighted by molar-refractivity contribution is 0.112. The predicted octanol–water partition coefficient (Wildman–Crippen LogP) is 2.96. The van der Waals surface area contributed by atoms with Crippen LogP contribution in [-0.2, 0) is 4.74 Å². The standard InChI is InChI=1S/C18H27ClN2O2/c1-14(8-16-9-17(19)4-5-18(16)22)10-21-6-7-23-13-15(12-21)11-20(2)3/h4-5,8-9,15,22H,6-7,10-13H2,1-3H3/b14-8+. The van der Waals surface area contributed by atoms with Gasteiger partial charge >= 0.3 is 0 Å². The van der Waals surface area contributed by atoms with E-state index in [0.717, 1.165) is 45.0 Å². The molecule has 1 heterocycles. The maximum atomic E-state index is 9.93. The van der Waals surface area contributed by atoms with Gasteiger partial charge in [0.15, 0.2) is 0 Å². The summed E-state index contributed by atoms with van der Waals surface area (Å²) in [7, 11) is 4.20. The second kappa shape index (κ2) is 8.69. The lowest BCUT2D eigenvalue weighted by atomic mass is 10.1. The van der Waals surface area contributed by atoms with Crippen LogP contribution in [-0.4, -0.2) is 68.4 Å². The Hall–Kier alpha value is -1.07. The molecule has 1 fully saturated rings. The van der Waals surface area contributed by atoms with Gasteiger partial charge in [-0.05, 0) is 39.2 Å². The number of hydrogen-bond donors (Lipinski definition) is 1. The topological polar surface area (TPSA) is 35.9 Å². The van der Waals surface area contributed by atoms with Crippen LogP contribution in [0.25, 0.3) is 6.08 Å². The van der Waals surface area contributed by atoms with E-state index in [1.54, 1.807) is 18.2 Å². The first-order valence-electron chi connectivity index (χ1n) is 8.04. The van der Waals surface area contributed by atoms with Crippen molar-refractivity contribution >= 4 is 17.7 Å². The molecule has 0 aliphatic carbocycles. The van der Waals surface area contributed by atoms with E-state index in [1.807, 2.05) is 6.08 Å². The third-order valence-electron chi connectivity index (χ3n) is 3.91. The third-order valence-corrected chi connectivity index (χ3v) is 4.14. The first kappa shape index (κ1) is 18.3. The molecular formula is C18H27ClN2O2. The number of aromatic hydroxyl groups is 1. The molecule has 0 bridgehead atoms. The molecule has 1 aromatic carbocycles. The zero-order valence-electron chi connectivity index (χ0n) is 14.3. The van der Waals surface area contributed by atoms with Gasteiger partial charge in [-0.1, -0.05) is 23.3 Å². The van der Waals surface area contributed by atoms with Gasteiger partial charge in [-0.15, -0.1) is 0 Å². The predicted molar refractivity (Wildman–Crippen MR) is 96.1 cm³/mol. The van der Waals surface area contributed by atoms with Crippen molar-refractivity contribution in [1.82, 2.24) is 9.80 Å². The van der Waals surface area contributed by atoms with E-state index in [9.17, 15) is 5.11 Å². The summed E-state index contributed by atoms with van der Waals surface area (Å²) in [6.45, 7) is 7.58. The van der Waals surface area contributed by atoms with Gasteiger partial charge in [0.05, 0.1) is 13.2 Å². The molecule has 1 unspecified atom stereocenters. The quantitative estimate of drug-likeness (QED) is 0.895. The molecule has 1 atom stereocenters. The number of phenols is 1.